The Labute approximate surface area is 117 Å². The first-order valence-corrected chi connectivity index (χ1v) is 6.52. The van der Waals surface area contributed by atoms with Crippen LogP contribution < -0.4 is 0 Å². The van der Waals surface area contributed by atoms with Crippen molar-refractivity contribution in [1.82, 2.24) is 14.8 Å². The van der Waals surface area contributed by atoms with Crippen LogP contribution in [0.5, 0.6) is 0 Å². The molecule has 3 aromatic rings. The Morgan fingerprint density at radius 3 is 2.55 bits per heavy atom. The first-order chi connectivity index (χ1) is 9.83. The zero-order valence-electron chi connectivity index (χ0n) is 10.9. The van der Waals surface area contributed by atoms with E-state index in [2.05, 4.69) is 10.1 Å². The summed E-state index contributed by atoms with van der Waals surface area (Å²) >= 11 is 0. The van der Waals surface area contributed by atoms with Gasteiger partial charge in [-0.3, -0.25) is 4.98 Å². The van der Waals surface area contributed by atoms with Gasteiger partial charge >= 0.3 is 0 Å². The Hall–Kier alpha value is -2.46. The average molecular weight is 265 g/mol. The summed E-state index contributed by atoms with van der Waals surface area (Å²) in [4.78, 5) is 4.21. The highest BCUT2D eigenvalue weighted by atomic mass is 16.3. The maximum Gasteiger partial charge on any atom is 0.103 e. The Balaban J connectivity index is 1.77. The minimum atomic E-state index is -0.644. The molecular weight excluding hydrogens is 250 g/mol. The minimum absolute atomic E-state index is 0.465. The van der Waals surface area contributed by atoms with E-state index in [1.54, 1.807) is 10.9 Å². The normalized spacial score (nSPS) is 12.2. The van der Waals surface area contributed by atoms with Gasteiger partial charge < -0.3 is 5.11 Å². The highest BCUT2D eigenvalue weighted by Crippen LogP contribution is 2.16. The SMILES string of the molecule is OC(Cc1ccccn1)c1ccn(-c2ccccc2)n1. The number of rotatable bonds is 4. The van der Waals surface area contributed by atoms with E-state index in [1.165, 1.54) is 0 Å². The van der Waals surface area contributed by atoms with E-state index in [-0.39, 0.29) is 0 Å². The quantitative estimate of drug-likeness (QED) is 0.788. The van der Waals surface area contributed by atoms with Gasteiger partial charge in [-0.15, -0.1) is 0 Å². The van der Waals surface area contributed by atoms with Crippen LogP contribution in [-0.4, -0.2) is 19.9 Å². The number of pyridine rings is 1. The van der Waals surface area contributed by atoms with E-state index >= 15 is 0 Å². The minimum Gasteiger partial charge on any atom is -0.386 e. The molecule has 4 nitrogen and oxygen atoms in total. The van der Waals surface area contributed by atoms with E-state index < -0.39 is 6.10 Å². The molecule has 1 aromatic carbocycles. The van der Waals surface area contributed by atoms with Crippen molar-refractivity contribution >= 4 is 0 Å². The molecule has 3 rings (SSSR count). The predicted molar refractivity (Wildman–Crippen MR) is 76.5 cm³/mol. The highest BCUT2D eigenvalue weighted by Gasteiger charge is 2.12. The maximum absolute atomic E-state index is 10.2. The van der Waals surface area contributed by atoms with Gasteiger partial charge in [0.05, 0.1) is 11.4 Å². The largest absolute Gasteiger partial charge is 0.386 e. The van der Waals surface area contributed by atoms with Crippen LogP contribution in [0.3, 0.4) is 0 Å². The van der Waals surface area contributed by atoms with Gasteiger partial charge in [0.1, 0.15) is 6.10 Å². The van der Waals surface area contributed by atoms with Crippen LogP contribution >= 0.6 is 0 Å². The molecule has 0 aliphatic rings. The molecule has 0 saturated heterocycles. The smallest absolute Gasteiger partial charge is 0.103 e. The predicted octanol–water partition coefficient (Wildman–Crippen LogP) is 2.54. The van der Waals surface area contributed by atoms with E-state index in [0.29, 0.717) is 12.1 Å². The number of aliphatic hydroxyl groups is 1. The van der Waals surface area contributed by atoms with Crippen molar-refractivity contribution in [1.29, 1.82) is 0 Å². The van der Waals surface area contributed by atoms with Crippen LogP contribution in [0, 0.1) is 0 Å². The molecule has 0 aliphatic heterocycles. The van der Waals surface area contributed by atoms with Gasteiger partial charge in [0, 0.05) is 24.5 Å². The molecule has 20 heavy (non-hydrogen) atoms. The fourth-order valence-electron chi connectivity index (χ4n) is 2.06. The standard InChI is InChI=1S/C16H15N3O/c20-16(12-13-6-4-5-10-17-13)15-9-11-19(18-15)14-7-2-1-3-8-14/h1-11,16,20H,12H2. The molecule has 0 amide bonds. The summed E-state index contributed by atoms with van der Waals surface area (Å²) < 4.78 is 1.76. The molecule has 0 spiro atoms. The second kappa shape index (κ2) is 5.67. The Bertz CT molecular complexity index is 664. The third kappa shape index (κ3) is 2.75. The van der Waals surface area contributed by atoms with Crippen molar-refractivity contribution in [2.24, 2.45) is 0 Å². The van der Waals surface area contributed by atoms with Crippen LogP contribution in [0.25, 0.3) is 5.69 Å². The number of benzene rings is 1. The van der Waals surface area contributed by atoms with Crippen LogP contribution in [0.4, 0.5) is 0 Å². The molecule has 0 fully saturated rings. The zero-order valence-corrected chi connectivity index (χ0v) is 10.9. The highest BCUT2D eigenvalue weighted by molar-refractivity contribution is 5.30. The van der Waals surface area contributed by atoms with Crippen LogP contribution in [-0.2, 0) is 6.42 Å². The zero-order chi connectivity index (χ0) is 13.8. The van der Waals surface area contributed by atoms with Gasteiger partial charge in [0.15, 0.2) is 0 Å². The average Bonchev–Trinajstić information content (AvgIpc) is 2.99. The van der Waals surface area contributed by atoms with Crippen molar-refractivity contribution < 1.29 is 5.11 Å². The van der Waals surface area contributed by atoms with Gasteiger partial charge in [-0.25, -0.2) is 4.68 Å². The Morgan fingerprint density at radius 1 is 1.00 bits per heavy atom. The number of hydrogen-bond donors (Lipinski definition) is 1. The summed E-state index contributed by atoms with van der Waals surface area (Å²) in [5.74, 6) is 0. The molecule has 2 aromatic heterocycles. The van der Waals surface area contributed by atoms with Gasteiger partial charge in [-0.2, -0.15) is 5.10 Å². The summed E-state index contributed by atoms with van der Waals surface area (Å²) in [5, 5.41) is 14.6. The lowest BCUT2D eigenvalue weighted by Crippen LogP contribution is -2.05. The summed E-state index contributed by atoms with van der Waals surface area (Å²) in [6, 6.07) is 17.3. The van der Waals surface area contributed by atoms with Crippen molar-refractivity contribution in [3.63, 3.8) is 0 Å². The number of hydrogen-bond acceptors (Lipinski definition) is 3. The third-order valence-corrected chi connectivity index (χ3v) is 3.10. The fourth-order valence-corrected chi connectivity index (χ4v) is 2.06. The van der Waals surface area contributed by atoms with E-state index in [9.17, 15) is 5.11 Å². The summed E-state index contributed by atoms with van der Waals surface area (Å²) in [6.07, 6.45) is 3.40. The summed E-state index contributed by atoms with van der Waals surface area (Å²) in [7, 11) is 0. The lowest BCUT2D eigenvalue weighted by molar-refractivity contribution is 0.172. The van der Waals surface area contributed by atoms with Crippen molar-refractivity contribution in [3.05, 3.63) is 78.4 Å². The van der Waals surface area contributed by atoms with Crippen LogP contribution in [0.1, 0.15) is 17.5 Å². The van der Waals surface area contributed by atoms with Gasteiger partial charge in [-0.1, -0.05) is 24.3 Å². The number of para-hydroxylation sites is 1. The number of aromatic nitrogens is 3. The number of nitrogens with zero attached hydrogens (tertiary/aromatic N) is 3. The number of aliphatic hydroxyl groups excluding tert-OH is 1. The molecular formula is C16H15N3O. The summed E-state index contributed by atoms with van der Waals surface area (Å²) in [6.45, 7) is 0. The molecule has 0 bridgehead atoms. The molecule has 1 N–H and O–H groups in total. The van der Waals surface area contributed by atoms with Gasteiger partial charge in [0.2, 0.25) is 0 Å². The second-order valence-electron chi connectivity index (χ2n) is 4.56. The van der Waals surface area contributed by atoms with Crippen LogP contribution in [0.15, 0.2) is 67.0 Å². The molecule has 0 aliphatic carbocycles. The molecule has 1 unspecified atom stereocenters. The van der Waals surface area contributed by atoms with Crippen molar-refractivity contribution in [2.75, 3.05) is 0 Å². The molecule has 2 heterocycles. The van der Waals surface area contributed by atoms with Crippen molar-refractivity contribution in [3.8, 4) is 5.69 Å². The molecule has 100 valence electrons. The first-order valence-electron chi connectivity index (χ1n) is 6.52. The lowest BCUT2D eigenvalue weighted by atomic mass is 10.1. The molecule has 4 heteroatoms. The van der Waals surface area contributed by atoms with Crippen molar-refractivity contribution in [2.45, 2.75) is 12.5 Å². The van der Waals surface area contributed by atoms with Gasteiger partial charge in [0.25, 0.3) is 0 Å². The topological polar surface area (TPSA) is 50.9 Å². The van der Waals surface area contributed by atoms with E-state index in [4.69, 9.17) is 0 Å². The maximum atomic E-state index is 10.2. The second-order valence-corrected chi connectivity index (χ2v) is 4.56. The van der Waals surface area contributed by atoms with E-state index in [1.807, 2.05) is 60.8 Å². The fraction of sp³-hybridized carbons (Fsp3) is 0.125. The monoisotopic (exact) mass is 265 g/mol. The molecule has 0 saturated carbocycles. The lowest BCUT2D eigenvalue weighted by Gasteiger charge is -2.07. The third-order valence-electron chi connectivity index (χ3n) is 3.10. The van der Waals surface area contributed by atoms with Gasteiger partial charge in [-0.05, 0) is 30.3 Å². The Kier molecular flexibility index (Phi) is 3.56. The molecule has 1 atom stereocenters. The van der Waals surface area contributed by atoms with Crippen LogP contribution in [0.2, 0.25) is 0 Å². The van der Waals surface area contributed by atoms with E-state index in [0.717, 1.165) is 11.4 Å². The molecule has 0 radical (unpaired) electrons. The Morgan fingerprint density at radius 2 is 1.80 bits per heavy atom. The first kappa shape index (κ1) is 12.6. The summed E-state index contributed by atoms with van der Waals surface area (Å²) in [5.41, 5.74) is 2.48.